The first-order chi connectivity index (χ1) is 16.8. The Morgan fingerprint density at radius 2 is 1.74 bits per heavy atom. The number of piperidine rings is 1. The van der Waals surface area contributed by atoms with Gasteiger partial charge >= 0.3 is 12.1 Å². The molecule has 1 aliphatic carbocycles. The third-order valence-corrected chi connectivity index (χ3v) is 7.29. The number of amides is 2. The maximum absolute atomic E-state index is 13.0. The van der Waals surface area contributed by atoms with E-state index < -0.39 is 17.5 Å². The number of fused-ring (bicyclic) bond motifs is 3. The van der Waals surface area contributed by atoms with E-state index in [1.807, 2.05) is 31.2 Å². The van der Waals surface area contributed by atoms with E-state index in [-0.39, 0.29) is 37.4 Å². The number of nitrogens with one attached hydrogen (secondary N) is 1. The summed E-state index contributed by atoms with van der Waals surface area (Å²) >= 11 is 0. The lowest BCUT2D eigenvalue weighted by Gasteiger charge is -2.38. The highest BCUT2D eigenvalue weighted by atomic mass is 16.5. The van der Waals surface area contributed by atoms with E-state index in [0.717, 1.165) is 17.5 Å². The molecule has 0 aromatic heterocycles. The normalized spacial score (nSPS) is 20.0. The maximum atomic E-state index is 13.0. The fraction of sp³-hybridized carbons (Fsp3) is 0.464. The zero-order valence-electron chi connectivity index (χ0n) is 20.5. The molecule has 0 spiro atoms. The molecule has 1 fully saturated rings. The first-order valence-electron chi connectivity index (χ1n) is 12.4. The highest BCUT2D eigenvalue weighted by Crippen LogP contribution is 2.44. The monoisotopic (exact) mass is 478 g/mol. The highest BCUT2D eigenvalue weighted by Gasteiger charge is 2.39. The number of carboxylic acids is 1. The van der Waals surface area contributed by atoms with Crippen LogP contribution >= 0.6 is 0 Å². The average Bonchev–Trinajstić information content (AvgIpc) is 3.16. The Morgan fingerprint density at radius 3 is 2.34 bits per heavy atom. The summed E-state index contributed by atoms with van der Waals surface area (Å²) in [5.41, 5.74) is 3.71. The summed E-state index contributed by atoms with van der Waals surface area (Å²) < 4.78 is 5.66. The van der Waals surface area contributed by atoms with E-state index in [0.29, 0.717) is 25.8 Å². The number of aliphatic carboxylic acids is 1. The third-order valence-electron chi connectivity index (χ3n) is 7.29. The number of carbonyl (C=O) groups is 3. The number of carbonyl (C=O) groups excluding carboxylic acids is 2. The number of alkyl carbamates (subject to hydrolysis) is 1. The molecule has 1 saturated heterocycles. The molecule has 2 aliphatic rings. The molecule has 2 amide bonds. The van der Waals surface area contributed by atoms with Crippen LogP contribution in [-0.4, -0.2) is 53.7 Å². The van der Waals surface area contributed by atoms with Gasteiger partial charge in [0.2, 0.25) is 5.91 Å². The van der Waals surface area contributed by atoms with Crippen LogP contribution in [0, 0.1) is 5.41 Å². The number of nitrogens with zero attached hydrogens (tertiary/aromatic N) is 1. The number of benzene rings is 2. The van der Waals surface area contributed by atoms with E-state index in [9.17, 15) is 19.5 Å². The average molecular weight is 479 g/mol. The van der Waals surface area contributed by atoms with Gasteiger partial charge in [0.05, 0.1) is 5.41 Å². The molecule has 7 nitrogen and oxygen atoms in total. The lowest BCUT2D eigenvalue weighted by atomic mass is 9.82. The summed E-state index contributed by atoms with van der Waals surface area (Å²) in [5, 5.41) is 12.4. The molecule has 1 heterocycles. The minimum Gasteiger partial charge on any atom is -0.481 e. The molecule has 4 rings (SSSR count). The van der Waals surface area contributed by atoms with Crippen LogP contribution in [-0.2, 0) is 14.3 Å². The molecular formula is C28H34N2O5. The van der Waals surface area contributed by atoms with Crippen molar-refractivity contribution in [1.82, 2.24) is 10.2 Å². The number of hydrogen-bond acceptors (Lipinski definition) is 4. The molecule has 1 aliphatic heterocycles. The molecular weight excluding hydrogens is 444 g/mol. The second-order valence-electron chi connectivity index (χ2n) is 9.94. The zero-order valence-corrected chi connectivity index (χ0v) is 20.5. The molecule has 0 radical (unpaired) electrons. The summed E-state index contributed by atoms with van der Waals surface area (Å²) in [6.45, 7) is 4.65. The van der Waals surface area contributed by atoms with Gasteiger partial charge in [0, 0.05) is 31.5 Å². The zero-order chi connectivity index (χ0) is 25.0. The van der Waals surface area contributed by atoms with Crippen LogP contribution < -0.4 is 5.32 Å². The molecule has 0 bridgehead atoms. The summed E-state index contributed by atoms with van der Waals surface area (Å²) in [4.78, 5) is 38.9. The van der Waals surface area contributed by atoms with Crippen molar-refractivity contribution in [3.05, 3.63) is 59.7 Å². The smallest absolute Gasteiger partial charge is 0.407 e. The molecule has 2 aromatic rings. The lowest BCUT2D eigenvalue weighted by molar-refractivity contribution is -0.153. The second-order valence-corrected chi connectivity index (χ2v) is 9.94. The van der Waals surface area contributed by atoms with Crippen LogP contribution in [0.3, 0.4) is 0 Å². The first kappa shape index (κ1) is 24.8. The van der Waals surface area contributed by atoms with Crippen LogP contribution in [0.1, 0.15) is 63.0 Å². The van der Waals surface area contributed by atoms with E-state index in [2.05, 4.69) is 29.6 Å². The Hall–Kier alpha value is -3.35. The number of hydrogen-bond donors (Lipinski definition) is 2. The van der Waals surface area contributed by atoms with Crippen molar-refractivity contribution in [3.63, 3.8) is 0 Å². The Bertz CT molecular complexity index is 1050. The molecule has 0 saturated carbocycles. The SMILES string of the molecule is CCC[C@@H](CC(=O)N1CCCC(C)(C(=O)O)C1)NC(=O)OCC1c2ccccc2-c2ccccc21. The summed E-state index contributed by atoms with van der Waals surface area (Å²) in [5.74, 6) is -1.03. The Kier molecular flexibility index (Phi) is 7.43. The van der Waals surface area contributed by atoms with Gasteiger partial charge in [-0.05, 0) is 48.4 Å². The molecule has 7 heteroatoms. The Balaban J connectivity index is 1.36. The molecule has 2 aromatic carbocycles. The third kappa shape index (κ3) is 5.34. The van der Waals surface area contributed by atoms with Gasteiger partial charge in [-0.1, -0.05) is 61.9 Å². The first-order valence-corrected chi connectivity index (χ1v) is 12.4. The van der Waals surface area contributed by atoms with Crippen molar-refractivity contribution in [2.45, 2.75) is 57.9 Å². The van der Waals surface area contributed by atoms with Crippen molar-refractivity contribution in [2.24, 2.45) is 5.41 Å². The van der Waals surface area contributed by atoms with E-state index in [4.69, 9.17) is 4.74 Å². The quantitative estimate of drug-likeness (QED) is 0.568. The van der Waals surface area contributed by atoms with Crippen LogP contribution in [0.4, 0.5) is 4.79 Å². The number of rotatable bonds is 8. The summed E-state index contributed by atoms with van der Waals surface area (Å²) in [7, 11) is 0. The van der Waals surface area contributed by atoms with Crippen molar-refractivity contribution in [3.8, 4) is 11.1 Å². The van der Waals surface area contributed by atoms with Gasteiger partial charge in [0.1, 0.15) is 6.61 Å². The summed E-state index contributed by atoms with van der Waals surface area (Å²) in [6, 6.07) is 16.0. The van der Waals surface area contributed by atoms with Crippen LogP contribution in [0.15, 0.2) is 48.5 Å². The second kappa shape index (κ2) is 10.5. The van der Waals surface area contributed by atoms with E-state index >= 15 is 0 Å². The van der Waals surface area contributed by atoms with Crippen LogP contribution in [0.25, 0.3) is 11.1 Å². The minimum absolute atomic E-state index is 0.0264. The van der Waals surface area contributed by atoms with Crippen LogP contribution in [0.2, 0.25) is 0 Å². The molecule has 35 heavy (non-hydrogen) atoms. The van der Waals surface area contributed by atoms with Gasteiger partial charge in [0.15, 0.2) is 0 Å². The highest BCUT2D eigenvalue weighted by molar-refractivity contribution is 5.81. The Labute approximate surface area is 206 Å². The molecule has 2 atom stereocenters. The summed E-state index contributed by atoms with van der Waals surface area (Å²) in [6.07, 6.45) is 2.25. The largest absolute Gasteiger partial charge is 0.481 e. The van der Waals surface area contributed by atoms with Crippen molar-refractivity contribution < 1.29 is 24.2 Å². The van der Waals surface area contributed by atoms with E-state index in [1.54, 1.807) is 11.8 Å². The fourth-order valence-corrected chi connectivity index (χ4v) is 5.35. The Morgan fingerprint density at radius 1 is 1.11 bits per heavy atom. The number of carboxylic acid groups (broad SMARTS) is 1. The van der Waals surface area contributed by atoms with Crippen molar-refractivity contribution in [2.75, 3.05) is 19.7 Å². The molecule has 1 unspecified atom stereocenters. The number of ether oxygens (including phenoxy) is 1. The van der Waals surface area contributed by atoms with Gasteiger partial charge in [-0.15, -0.1) is 0 Å². The van der Waals surface area contributed by atoms with Gasteiger partial charge in [0.25, 0.3) is 0 Å². The number of likely N-dealkylation sites (tertiary alicyclic amines) is 1. The van der Waals surface area contributed by atoms with Gasteiger partial charge in [-0.25, -0.2) is 4.79 Å². The van der Waals surface area contributed by atoms with Gasteiger partial charge in [-0.2, -0.15) is 0 Å². The van der Waals surface area contributed by atoms with E-state index in [1.165, 1.54) is 11.1 Å². The predicted octanol–water partition coefficient (Wildman–Crippen LogP) is 4.80. The fourth-order valence-electron chi connectivity index (χ4n) is 5.35. The topological polar surface area (TPSA) is 95.9 Å². The molecule has 2 N–H and O–H groups in total. The maximum Gasteiger partial charge on any atom is 0.407 e. The van der Waals surface area contributed by atoms with Crippen molar-refractivity contribution >= 4 is 18.0 Å². The van der Waals surface area contributed by atoms with Crippen LogP contribution in [0.5, 0.6) is 0 Å². The van der Waals surface area contributed by atoms with Gasteiger partial charge < -0.3 is 20.1 Å². The lowest BCUT2D eigenvalue weighted by Crippen LogP contribution is -2.50. The molecule has 186 valence electrons. The minimum atomic E-state index is -0.922. The van der Waals surface area contributed by atoms with Crippen molar-refractivity contribution in [1.29, 1.82) is 0 Å². The predicted molar refractivity (Wildman–Crippen MR) is 133 cm³/mol. The van der Waals surface area contributed by atoms with Gasteiger partial charge in [-0.3, -0.25) is 9.59 Å². The standard InChI is InChI=1S/C28H34N2O5/c1-3-9-19(16-25(31)30-15-8-14-28(2,18-30)26(32)33)29-27(34)35-17-24-22-12-6-4-10-20(22)21-11-5-7-13-23(21)24/h4-7,10-13,19,24H,3,8-9,14-18H2,1-2H3,(H,29,34)(H,32,33)/t19-,28?/m0/s1.